The number of amides is 2. The SMILES string of the molecule is Nc1ccc(C(=O)NCC(=O)N2CCCC2C(=O)O)cc1. The number of carbonyl (C=O) groups excluding carboxylic acids is 2. The molecule has 1 unspecified atom stereocenters. The van der Waals surface area contributed by atoms with E-state index in [1.165, 1.54) is 4.90 Å². The lowest BCUT2D eigenvalue weighted by atomic mass is 10.2. The minimum absolute atomic E-state index is 0.215. The fourth-order valence-electron chi connectivity index (χ4n) is 2.32. The monoisotopic (exact) mass is 291 g/mol. The lowest BCUT2D eigenvalue weighted by Crippen LogP contribution is -2.45. The molecule has 1 heterocycles. The van der Waals surface area contributed by atoms with Gasteiger partial charge in [-0.15, -0.1) is 0 Å². The number of anilines is 1. The number of rotatable bonds is 4. The van der Waals surface area contributed by atoms with E-state index in [2.05, 4.69) is 5.32 Å². The summed E-state index contributed by atoms with van der Waals surface area (Å²) in [4.78, 5) is 36.1. The first-order valence-corrected chi connectivity index (χ1v) is 6.65. The van der Waals surface area contributed by atoms with E-state index in [1.54, 1.807) is 24.3 Å². The molecule has 0 bridgehead atoms. The van der Waals surface area contributed by atoms with Gasteiger partial charge < -0.3 is 21.1 Å². The van der Waals surface area contributed by atoms with E-state index in [0.717, 1.165) is 0 Å². The Balaban J connectivity index is 1.90. The number of nitrogen functional groups attached to an aromatic ring is 1. The van der Waals surface area contributed by atoms with Crippen LogP contribution in [0.4, 0.5) is 5.69 Å². The molecule has 0 radical (unpaired) electrons. The summed E-state index contributed by atoms with van der Waals surface area (Å²) >= 11 is 0. The molecule has 2 rings (SSSR count). The molecule has 1 aliphatic heterocycles. The third-order valence-corrected chi connectivity index (χ3v) is 3.43. The maximum Gasteiger partial charge on any atom is 0.326 e. The van der Waals surface area contributed by atoms with E-state index in [0.29, 0.717) is 30.6 Å². The Morgan fingerprint density at radius 3 is 2.57 bits per heavy atom. The number of hydrogen-bond donors (Lipinski definition) is 3. The van der Waals surface area contributed by atoms with Crippen LogP contribution in [0, 0.1) is 0 Å². The number of carboxylic acid groups (broad SMARTS) is 1. The third-order valence-electron chi connectivity index (χ3n) is 3.43. The van der Waals surface area contributed by atoms with Crippen LogP contribution < -0.4 is 11.1 Å². The molecule has 7 nitrogen and oxygen atoms in total. The molecule has 1 aromatic carbocycles. The van der Waals surface area contributed by atoms with Gasteiger partial charge in [0.1, 0.15) is 6.04 Å². The molecule has 1 aromatic rings. The highest BCUT2D eigenvalue weighted by molar-refractivity contribution is 5.97. The minimum atomic E-state index is -1.01. The number of nitrogens with two attached hydrogens (primary N) is 1. The van der Waals surface area contributed by atoms with E-state index in [9.17, 15) is 14.4 Å². The third kappa shape index (κ3) is 3.50. The Labute approximate surface area is 121 Å². The maximum atomic E-state index is 12.0. The number of benzene rings is 1. The average molecular weight is 291 g/mol. The topological polar surface area (TPSA) is 113 Å². The highest BCUT2D eigenvalue weighted by Crippen LogP contribution is 2.17. The molecule has 0 spiro atoms. The highest BCUT2D eigenvalue weighted by Gasteiger charge is 2.33. The molecule has 2 amide bonds. The van der Waals surface area contributed by atoms with Crippen molar-refractivity contribution in [2.75, 3.05) is 18.8 Å². The zero-order chi connectivity index (χ0) is 15.4. The van der Waals surface area contributed by atoms with Crippen molar-refractivity contribution in [3.63, 3.8) is 0 Å². The number of nitrogens with zero attached hydrogens (tertiary/aromatic N) is 1. The molecule has 7 heteroatoms. The van der Waals surface area contributed by atoms with Crippen molar-refractivity contribution in [1.82, 2.24) is 10.2 Å². The number of aliphatic carboxylic acids is 1. The molecule has 21 heavy (non-hydrogen) atoms. The first kappa shape index (κ1) is 14.8. The summed E-state index contributed by atoms with van der Waals surface area (Å²) in [5.74, 6) is -1.79. The van der Waals surface area contributed by atoms with E-state index in [-0.39, 0.29) is 12.5 Å². The summed E-state index contributed by atoms with van der Waals surface area (Å²) < 4.78 is 0. The predicted molar refractivity (Wildman–Crippen MR) is 75.6 cm³/mol. The molecule has 0 aromatic heterocycles. The molecule has 1 fully saturated rings. The van der Waals surface area contributed by atoms with E-state index in [1.807, 2.05) is 0 Å². The van der Waals surface area contributed by atoms with Crippen molar-refractivity contribution in [3.05, 3.63) is 29.8 Å². The van der Waals surface area contributed by atoms with Gasteiger partial charge in [-0.2, -0.15) is 0 Å². The molecular weight excluding hydrogens is 274 g/mol. The molecule has 0 aliphatic carbocycles. The van der Waals surface area contributed by atoms with Gasteiger partial charge in [-0.3, -0.25) is 9.59 Å². The summed E-state index contributed by atoms with van der Waals surface area (Å²) in [5, 5.41) is 11.5. The number of nitrogens with one attached hydrogen (secondary N) is 1. The molecule has 1 aliphatic rings. The molecule has 0 saturated carbocycles. The Hall–Kier alpha value is -2.57. The van der Waals surface area contributed by atoms with Crippen molar-refractivity contribution in [2.24, 2.45) is 0 Å². The number of hydrogen-bond acceptors (Lipinski definition) is 4. The fraction of sp³-hybridized carbons (Fsp3) is 0.357. The summed E-state index contributed by atoms with van der Waals surface area (Å²) in [7, 11) is 0. The molecule has 112 valence electrons. The van der Waals surface area contributed by atoms with Crippen LogP contribution in [0.15, 0.2) is 24.3 Å². The lowest BCUT2D eigenvalue weighted by molar-refractivity contribution is -0.147. The summed E-state index contributed by atoms with van der Waals surface area (Å²) in [5.41, 5.74) is 6.47. The summed E-state index contributed by atoms with van der Waals surface area (Å²) in [6.45, 7) is 0.195. The van der Waals surface area contributed by atoms with Gasteiger partial charge >= 0.3 is 5.97 Å². The van der Waals surface area contributed by atoms with Gasteiger partial charge in [0, 0.05) is 17.8 Å². The van der Waals surface area contributed by atoms with Crippen molar-refractivity contribution >= 4 is 23.5 Å². The maximum absolute atomic E-state index is 12.0. The Morgan fingerprint density at radius 2 is 1.95 bits per heavy atom. The van der Waals surface area contributed by atoms with E-state index in [4.69, 9.17) is 10.8 Å². The Bertz CT molecular complexity index is 556. The van der Waals surface area contributed by atoms with Crippen molar-refractivity contribution in [3.8, 4) is 0 Å². The normalized spacial score (nSPS) is 17.5. The number of likely N-dealkylation sites (tertiary alicyclic amines) is 1. The van der Waals surface area contributed by atoms with Crippen LogP contribution in [0.3, 0.4) is 0 Å². The first-order chi connectivity index (χ1) is 9.99. The Morgan fingerprint density at radius 1 is 1.29 bits per heavy atom. The number of carboxylic acids is 1. The molecule has 1 atom stereocenters. The van der Waals surface area contributed by atoms with Crippen molar-refractivity contribution in [2.45, 2.75) is 18.9 Å². The molecular formula is C14H17N3O4. The van der Waals surface area contributed by atoms with Gasteiger partial charge in [-0.25, -0.2) is 4.79 Å². The zero-order valence-electron chi connectivity index (χ0n) is 11.4. The first-order valence-electron chi connectivity index (χ1n) is 6.65. The largest absolute Gasteiger partial charge is 0.480 e. The minimum Gasteiger partial charge on any atom is -0.480 e. The van der Waals surface area contributed by atoms with E-state index < -0.39 is 17.9 Å². The van der Waals surface area contributed by atoms with Crippen LogP contribution in [-0.2, 0) is 9.59 Å². The van der Waals surface area contributed by atoms with Gasteiger partial charge in [-0.05, 0) is 37.1 Å². The summed E-state index contributed by atoms with van der Waals surface area (Å²) in [6.07, 6.45) is 1.11. The lowest BCUT2D eigenvalue weighted by Gasteiger charge is -2.21. The van der Waals surface area contributed by atoms with Crippen molar-refractivity contribution in [1.29, 1.82) is 0 Å². The smallest absolute Gasteiger partial charge is 0.326 e. The van der Waals surface area contributed by atoms with Crippen LogP contribution in [0.25, 0.3) is 0 Å². The van der Waals surface area contributed by atoms with Gasteiger partial charge in [0.15, 0.2) is 0 Å². The van der Waals surface area contributed by atoms with Crippen LogP contribution in [-0.4, -0.2) is 46.9 Å². The standard InChI is InChI=1S/C14H17N3O4/c15-10-5-3-9(4-6-10)13(19)16-8-12(18)17-7-1-2-11(17)14(20)21/h3-6,11H,1-2,7-8,15H2,(H,16,19)(H,20,21). The van der Waals surface area contributed by atoms with Crippen molar-refractivity contribution < 1.29 is 19.5 Å². The van der Waals surface area contributed by atoms with Crippen LogP contribution in [0.5, 0.6) is 0 Å². The number of carbonyl (C=O) groups is 3. The van der Waals surface area contributed by atoms with Crippen LogP contribution in [0.2, 0.25) is 0 Å². The molecule has 4 N–H and O–H groups in total. The Kier molecular flexibility index (Phi) is 4.42. The second-order valence-corrected chi connectivity index (χ2v) is 4.89. The summed E-state index contributed by atoms with van der Waals surface area (Å²) in [6, 6.07) is 5.52. The second-order valence-electron chi connectivity index (χ2n) is 4.89. The van der Waals surface area contributed by atoms with Gasteiger partial charge in [0.25, 0.3) is 5.91 Å². The zero-order valence-corrected chi connectivity index (χ0v) is 11.4. The second kappa shape index (κ2) is 6.25. The van der Waals surface area contributed by atoms with Crippen LogP contribution in [0.1, 0.15) is 23.2 Å². The predicted octanol–water partition coefficient (Wildman–Crippen LogP) is 0.0742. The van der Waals surface area contributed by atoms with Gasteiger partial charge in [-0.1, -0.05) is 0 Å². The van der Waals surface area contributed by atoms with Gasteiger partial charge in [0.05, 0.1) is 6.54 Å². The molecule has 1 saturated heterocycles. The highest BCUT2D eigenvalue weighted by atomic mass is 16.4. The van der Waals surface area contributed by atoms with E-state index >= 15 is 0 Å². The fourth-order valence-corrected chi connectivity index (χ4v) is 2.32. The van der Waals surface area contributed by atoms with Gasteiger partial charge in [0.2, 0.25) is 5.91 Å². The quantitative estimate of drug-likeness (QED) is 0.680. The average Bonchev–Trinajstić information content (AvgIpc) is 2.95. The van der Waals surface area contributed by atoms with Crippen LogP contribution >= 0.6 is 0 Å².